The first kappa shape index (κ1) is 14.7. The third-order valence-electron chi connectivity index (χ3n) is 4.41. The molecule has 1 fully saturated rings. The number of pyridine rings is 1. The number of carbonyl (C=O) groups excluding carboxylic acids is 1. The van der Waals surface area contributed by atoms with Crippen LogP contribution in [0.5, 0.6) is 0 Å². The van der Waals surface area contributed by atoms with Gasteiger partial charge in [0.25, 0.3) is 5.91 Å². The van der Waals surface area contributed by atoms with Crippen molar-refractivity contribution < 1.29 is 9.18 Å². The normalized spacial score (nSPS) is 17.4. The predicted octanol–water partition coefficient (Wildman–Crippen LogP) is 3.14. The van der Waals surface area contributed by atoms with Crippen molar-refractivity contribution in [3.8, 4) is 0 Å². The van der Waals surface area contributed by atoms with E-state index in [-0.39, 0.29) is 17.8 Å². The quantitative estimate of drug-likeness (QED) is 0.727. The number of halogens is 1. The summed E-state index contributed by atoms with van der Waals surface area (Å²) in [6.07, 6.45) is 8.09. The number of hydrogen-bond donors (Lipinski definition) is 0. The average Bonchev–Trinajstić information content (AvgIpc) is 3.11. The standard InChI is InChI=1S/C18H15FN4O/c19-13-4-3-12-9-21-10-15(14(12)8-13)18(24)23-7-1-2-17(23)16-5-6-20-11-22-16/h3-6,8-11,17H,1-2,7H2. The van der Waals surface area contributed by atoms with Crippen molar-refractivity contribution in [2.24, 2.45) is 0 Å². The summed E-state index contributed by atoms with van der Waals surface area (Å²) < 4.78 is 13.6. The summed E-state index contributed by atoms with van der Waals surface area (Å²) in [7, 11) is 0. The van der Waals surface area contributed by atoms with Crippen LogP contribution in [-0.2, 0) is 0 Å². The van der Waals surface area contributed by atoms with Crippen molar-refractivity contribution in [1.82, 2.24) is 19.9 Å². The van der Waals surface area contributed by atoms with E-state index in [9.17, 15) is 9.18 Å². The molecule has 0 saturated carbocycles. The Kier molecular flexibility index (Phi) is 3.65. The minimum atomic E-state index is -0.364. The average molecular weight is 322 g/mol. The summed E-state index contributed by atoms with van der Waals surface area (Å²) in [6, 6.07) is 6.15. The molecule has 24 heavy (non-hydrogen) atoms. The number of hydrogen-bond acceptors (Lipinski definition) is 4. The molecule has 5 nitrogen and oxygen atoms in total. The highest BCUT2D eigenvalue weighted by Gasteiger charge is 2.32. The number of amides is 1. The van der Waals surface area contributed by atoms with E-state index in [1.165, 1.54) is 24.7 Å². The highest BCUT2D eigenvalue weighted by molar-refractivity contribution is 6.06. The maximum atomic E-state index is 13.6. The summed E-state index contributed by atoms with van der Waals surface area (Å²) in [5, 5.41) is 1.34. The van der Waals surface area contributed by atoms with Crippen LogP contribution in [0.1, 0.15) is 34.9 Å². The number of likely N-dealkylation sites (tertiary alicyclic amines) is 1. The van der Waals surface area contributed by atoms with Crippen LogP contribution >= 0.6 is 0 Å². The molecule has 0 radical (unpaired) electrons. The molecular formula is C18H15FN4O. The molecular weight excluding hydrogens is 307 g/mol. The SMILES string of the molecule is O=C(c1cncc2ccc(F)cc12)N1CCCC1c1ccncn1. The zero-order chi connectivity index (χ0) is 16.5. The second-order valence-corrected chi connectivity index (χ2v) is 5.84. The van der Waals surface area contributed by atoms with Crippen LogP contribution in [-0.4, -0.2) is 32.3 Å². The molecule has 4 rings (SSSR count). The Labute approximate surface area is 138 Å². The van der Waals surface area contributed by atoms with E-state index in [1.807, 2.05) is 6.07 Å². The Hall–Kier alpha value is -2.89. The van der Waals surface area contributed by atoms with E-state index in [0.29, 0.717) is 17.5 Å². The van der Waals surface area contributed by atoms with E-state index in [4.69, 9.17) is 0 Å². The molecule has 1 saturated heterocycles. The van der Waals surface area contributed by atoms with Gasteiger partial charge in [0.15, 0.2) is 0 Å². The van der Waals surface area contributed by atoms with Gasteiger partial charge in [-0.3, -0.25) is 9.78 Å². The Morgan fingerprint density at radius 1 is 1.21 bits per heavy atom. The number of benzene rings is 1. The van der Waals surface area contributed by atoms with E-state index in [2.05, 4.69) is 15.0 Å². The number of rotatable bonds is 2. The molecule has 2 aromatic heterocycles. The maximum Gasteiger partial charge on any atom is 0.256 e. The fourth-order valence-electron chi connectivity index (χ4n) is 3.28. The molecule has 1 aromatic carbocycles. The smallest absolute Gasteiger partial charge is 0.256 e. The maximum absolute atomic E-state index is 13.6. The molecule has 0 bridgehead atoms. The minimum Gasteiger partial charge on any atom is -0.330 e. The monoisotopic (exact) mass is 322 g/mol. The van der Waals surface area contributed by atoms with Crippen molar-refractivity contribution in [1.29, 1.82) is 0 Å². The molecule has 1 amide bonds. The van der Waals surface area contributed by atoms with Gasteiger partial charge in [0, 0.05) is 35.9 Å². The van der Waals surface area contributed by atoms with Crippen molar-refractivity contribution in [2.45, 2.75) is 18.9 Å². The largest absolute Gasteiger partial charge is 0.330 e. The zero-order valence-electron chi connectivity index (χ0n) is 12.9. The van der Waals surface area contributed by atoms with E-state index < -0.39 is 0 Å². The predicted molar refractivity (Wildman–Crippen MR) is 86.7 cm³/mol. The minimum absolute atomic E-state index is 0.0793. The Bertz CT molecular complexity index is 900. The summed E-state index contributed by atoms with van der Waals surface area (Å²) in [5.41, 5.74) is 1.25. The highest BCUT2D eigenvalue weighted by atomic mass is 19.1. The van der Waals surface area contributed by atoms with Crippen LogP contribution in [0, 0.1) is 5.82 Å². The molecule has 0 spiro atoms. The van der Waals surface area contributed by atoms with Crippen molar-refractivity contribution in [3.63, 3.8) is 0 Å². The van der Waals surface area contributed by atoms with Gasteiger partial charge in [-0.25, -0.2) is 14.4 Å². The molecule has 1 unspecified atom stereocenters. The summed E-state index contributed by atoms with van der Waals surface area (Å²) in [6.45, 7) is 0.652. The third-order valence-corrected chi connectivity index (χ3v) is 4.41. The Morgan fingerprint density at radius 2 is 2.12 bits per heavy atom. The van der Waals surface area contributed by atoms with Crippen LogP contribution in [0.2, 0.25) is 0 Å². The van der Waals surface area contributed by atoms with Gasteiger partial charge in [0.2, 0.25) is 0 Å². The lowest BCUT2D eigenvalue weighted by atomic mass is 10.1. The molecule has 1 aliphatic rings. The number of fused-ring (bicyclic) bond motifs is 1. The van der Waals surface area contributed by atoms with Gasteiger partial charge in [-0.1, -0.05) is 0 Å². The molecule has 120 valence electrons. The fourth-order valence-corrected chi connectivity index (χ4v) is 3.28. The number of aromatic nitrogens is 3. The number of nitrogens with zero attached hydrogens (tertiary/aromatic N) is 4. The van der Waals surface area contributed by atoms with E-state index in [0.717, 1.165) is 23.9 Å². The van der Waals surface area contributed by atoms with Crippen molar-refractivity contribution >= 4 is 16.7 Å². The second-order valence-electron chi connectivity index (χ2n) is 5.84. The lowest BCUT2D eigenvalue weighted by Gasteiger charge is -2.24. The molecule has 0 aliphatic carbocycles. The molecule has 6 heteroatoms. The van der Waals surface area contributed by atoms with Gasteiger partial charge in [-0.15, -0.1) is 0 Å². The van der Waals surface area contributed by atoms with Gasteiger partial charge in [0.05, 0.1) is 17.3 Å². The lowest BCUT2D eigenvalue weighted by Crippen LogP contribution is -2.31. The second kappa shape index (κ2) is 5.96. The first-order valence-electron chi connectivity index (χ1n) is 7.84. The van der Waals surface area contributed by atoms with Crippen LogP contribution in [0.25, 0.3) is 10.8 Å². The summed E-state index contributed by atoms with van der Waals surface area (Å²) in [4.78, 5) is 27.2. The van der Waals surface area contributed by atoms with Crippen LogP contribution in [0.15, 0.2) is 49.2 Å². The molecule has 3 aromatic rings. The summed E-state index contributed by atoms with van der Waals surface area (Å²) in [5.74, 6) is -0.503. The zero-order valence-corrected chi connectivity index (χ0v) is 12.9. The van der Waals surface area contributed by atoms with Crippen LogP contribution in [0.4, 0.5) is 4.39 Å². The molecule has 1 aliphatic heterocycles. The number of carbonyl (C=O) groups is 1. The van der Waals surface area contributed by atoms with Gasteiger partial charge < -0.3 is 4.90 Å². The fraction of sp³-hybridized carbons (Fsp3) is 0.222. The first-order valence-corrected chi connectivity index (χ1v) is 7.84. The van der Waals surface area contributed by atoms with E-state index in [1.54, 1.807) is 23.4 Å². The molecule has 0 N–H and O–H groups in total. The van der Waals surface area contributed by atoms with Gasteiger partial charge >= 0.3 is 0 Å². The highest BCUT2D eigenvalue weighted by Crippen LogP contribution is 2.33. The van der Waals surface area contributed by atoms with Gasteiger partial charge in [-0.2, -0.15) is 0 Å². The van der Waals surface area contributed by atoms with E-state index >= 15 is 0 Å². The Morgan fingerprint density at radius 3 is 2.96 bits per heavy atom. The molecule has 1 atom stereocenters. The third kappa shape index (κ3) is 2.50. The topological polar surface area (TPSA) is 59.0 Å². The summed E-state index contributed by atoms with van der Waals surface area (Å²) >= 11 is 0. The van der Waals surface area contributed by atoms with Crippen molar-refractivity contribution in [3.05, 3.63) is 66.3 Å². The van der Waals surface area contributed by atoms with Gasteiger partial charge in [-0.05, 0) is 37.1 Å². The Balaban J connectivity index is 1.75. The van der Waals surface area contributed by atoms with Crippen molar-refractivity contribution in [2.75, 3.05) is 6.54 Å². The van der Waals surface area contributed by atoms with Crippen LogP contribution in [0.3, 0.4) is 0 Å². The van der Waals surface area contributed by atoms with Gasteiger partial charge in [0.1, 0.15) is 12.1 Å². The van der Waals surface area contributed by atoms with Crippen LogP contribution < -0.4 is 0 Å². The first-order chi connectivity index (χ1) is 11.7. The molecule has 3 heterocycles. The lowest BCUT2D eigenvalue weighted by molar-refractivity contribution is 0.0734.